The molecule has 1 atom stereocenters. The Bertz CT molecular complexity index is 2280. The van der Waals surface area contributed by atoms with Crippen LogP contribution in [0.25, 0.3) is 0 Å². The van der Waals surface area contributed by atoms with E-state index < -0.39 is 25.8 Å². The molecule has 0 saturated carbocycles. The molecule has 6 rings (SSSR count). The Morgan fingerprint density at radius 2 is 0.865 bits per heavy atom. The first-order valence-corrected chi connectivity index (χ1v) is 19.7. The zero-order valence-electron chi connectivity index (χ0n) is 28.5. The van der Waals surface area contributed by atoms with Gasteiger partial charge in [-0.15, -0.1) is 0 Å². The fraction of sp³-hybridized carbons (Fsp3) is 0.143. The molecule has 0 aliphatic heterocycles. The number of hydrogen-bond donors (Lipinski definition) is 0. The van der Waals surface area contributed by atoms with Gasteiger partial charge < -0.3 is 18.9 Å². The molecule has 10 heteroatoms. The van der Waals surface area contributed by atoms with Crippen molar-refractivity contribution in [2.75, 3.05) is 6.61 Å². The van der Waals surface area contributed by atoms with E-state index in [1.807, 2.05) is 60.7 Å². The molecule has 52 heavy (non-hydrogen) atoms. The minimum Gasteiger partial charge on any atom is -0.492 e. The van der Waals surface area contributed by atoms with E-state index in [0.29, 0.717) is 31.1 Å². The third-order valence-corrected chi connectivity index (χ3v) is 11.8. The maximum Gasteiger partial charge on any atom is 0.210 e. The van der Waals surface area contributed by atoms with Crippen LogP contribution in [0.1, 0.15) is 24.5 Å². The number of ether oxygens (including phenoxy) is 4. The van der Waals surface area contributed by atoms with E-state index in [1.54, 1.807) is 67.6 Å². The number of para-hydroxylation sites is 2. The first-order chi connectivity index (χ1) is 25.2. The number of hydrogen-bond acceptors (Lipinski definition) is 8. The number of rotatable bonds is 16. The van der Waals surface area contributed by atoms with Gasteiger partial charge in [-0.25, -0.2) is 16.8 Å². The van der Waals surface area contributed by atoms with E-state index in [2.05, 4.69) is 0 Å². The molecule has 0 spiro atoms. The largest absolute Gasteiger partial charge is 0.492 e. The van der Waals surface area contributed by atoms with Crippen LogP contribution in [0.3, 0.4) is 0 Å². The predicted octanol–water partition coefficient (Wildman–Crippen LogP) is 8.75. The zero-order chi connectivity index (χ0) is 36.4. The lowest BCUT2D eigenvalue weighted by atomic mass is 10.2. The summed E-state index contributed by atoms with van der Waals surface area (Å²) in [5.41, 5.74) is 2.01. The Balaban J connectivity index is 1.06. The van der Waals surface area contributed by atoms with E-state index in [0.717, 1.165) is 11.1 Å². The molecule has 0 N–H and O–H groups in total. The van der Waals surface area contributed by atoms with Crippen molar-refractivity contribution in [3.05, 3.63) is 169 Å². The van der Waals surface area contributed by atoms with Crippen LogP contribution in [0.15, 0.2) is 177 Å². The van der Waals surface area contributed by atoms with Gasteiger partial charge in [0.15, 0.2) is 0 Å². The molecule has 0 aromatic heterocycles. The molecule has 0 heterocycles. The lowest BCUT2D eigenvalue weighted by molar-refractivity contribution is 0.172. The second-order valence-corrected chi connectivity index (χ2v) is 15.8. The van der Waals surface area contributed by atoms with Crippen molar-refractivity contribution in [2.24, 2.45) is 0 Å². The summed E-state index contributed by atoms with van der Waals surface area (Å²) in [4.78, 5) is 0.293. The lowest BCUT2D eigenvalue weighted by Gasteiger charge is -2.18. The lowest BCUT2D eigenvalue weighted by Crippen LogP contribution is -2.18. The normalized spacial score (nSPS) is 12.1. The average Bonchev–Trinajstić information content (AvgIpc) is 3.18. The molecule has 0 bridgehead atoms. The van der Waals surface area contributed by atoms with Gasteiger partial charge in [0.05, 0.1) is 22.5 Å². The van der Waals surface area contributed by atoms with Gasteiger partial charge in [0.25, 0.3) is 0 Å². The molecule has 266 valence electrons. The van der Waals surface area contributed by atoms with Crippen LogP contribution in [-0.4, -0.2) is 29.5 Å². The predicted molar refractivity (Wildman–Crippen MR) is 198 cm³/mol. The van der Waals surface area contributed by atoms with Crippen LogP contribution in [0, 0.1) is 0 Å². The Morgan fingerprint density at radius 3 is 1.35 bits per heavy atom. The summed E-state index contributed by atoms with van der Waals surface area (Å²) in [7, 11) is -7.82. The highest BCUT2D eigenvalue weighted by atomic mass is 32.2. The summed E-state index contributed by atoms with van der Waals surface area (Å²) in [6.07, 6.45) is -0.110. The highest BCUT2D eigenvalue weighted by molar-refractivity contribution is 7.92. The van der Waals surface area contributed by atoms with Crippen LogP contribution >= 0.6 is 0 Å². The highest BCUT2D eigenvalue weighted by Crippen LogP contribution is 2.33. The summed E-state index contributed by atoms with van der Waals surface area (Å²) in [6.45, 7) is 2.66. The molecule has 6 aromatic rings. The van der Waals surface area contributed by atoms with Gasteiger partial charge in [0, 0.05) is 6.42 Å². The van der Waals surface area contributed by atoms with Crippen LogP contribution < -0.4 is 18.9 Å². The first-order valence-electron chi connectivity index (χ1n) is 16.7. The molecule has 0 fully saturated rings. The third kappa shape index (κ3) is 9.01. The Kier molecular flexibility index (Phi) is 11.6. The van der Waals surface area contributed by atoms with Gasteiger partial charge in [-0.1, -0.05) is 84.9 Å². The van der Waals surface area contributed by atoms with Crippen LogP contribution in [0.5, 0.6) is 23.0 Å². The van der Waals surface area contributed by atoms with Crippen molar-refractivity contribution in [2.45, 2.75) is 52.2 Å². The smallest absolute Gasteiger partial charge is 0.210 e. The Hall–Kier alpha value is -5.58. The maximum atomic E-state index is 13.7. The molecule has 0 saturated heterocycles. The Labute approximate surface area is 305 Å². The first kappa shape index (κ1) is 36.2. The number of sulfone groups is 2. The molecule has 8 nitrogen and oxygen atoms in total. The minimum atomic E-state index is -3.92. The quantitative estimate of drug-likeness (QED) is 0.0973. The second kappa shape index (κ2) is 16.6. The highest BCUT2D eigenvalue weighted by Gasteiger charge is 2.25. The topological polar surface area (TPSA) is 105 Å². The maximum absolute atomic E-state index is 13.7. The van der Waals surface area contributed by atoms with E-state index in [9.17, 15) is 16.8 Å². The molecule has 0 aliphatic rings. The molecule has 0 radical (unpaired) electrons. The number of benzene rings is 6. The SMILES string of the molecule is CC(CCOc1ccccc1S(=O)(=O)c1ccc(OCc2ccccc2)cc1)Oc1ccccc1S(=O)(=O)c1ccc(OCc2ccccc2)cc1. The standard InChI is InChI=1S/C42H38O8S2/c1-32(50-40-17-9-11-19-42(40)52(45,46)38-26-22-36(23-27-38)49-31-34-14-6-3-7-15-34)28-29-47-39-16-8-10-18-41(39)51(43,44)37-24-20-35(21-25-37)48-30-33-12-4-2-5-13-33/h2-27,32H,28-31H2,1H3. The van der Waals surface area contributed by atoms with E-state index in [1.165, 1.54) is 36.4 Å². The molecular weight excluding hydrogens is 697 g/mol. The van der Waals surface area contributed by atoms with Crippen LogP contribution in [-0.2, 0) is 32.9 Å². The summed E-state index contributed by atoms with van der Waals surface area (Å²) in [6, 6.07) is 44.9. The molecule has 1 unspecified atom stereocenters. The van der Waals surface area contributed by atoms with Gasteiger partial charge in [0.2, 0.25) is 19.7 Å². The van der Waals surface area contributed by atoms with Crippen molar-refractivity contribution >= 4 is 19.7 Å². The van der Waals surface area contributed by atoms with Crippen LogP contribution in [0.2, 0.25) is 0 Å². The molecular formula is C42H38O8S2. The van der Waals surface area contributed by atoms with Crippen molar-refractivity contribution in [3.63, 3.8) is 0 Å². The van der Waals surface area contributed by atoms with Crippen LogP contribution in [0.4, 0.5) is 0 Å². The van der Waals surface area contributed by atoms with Crippen molar-refractivity contribution < 1.29 is 35.8 Å². The van der Waals surface area contributed by atoms with Gasteiger partial charge in [0.1, 0.15) is 46.0 Å². The van der Waals surface area contributed by atoms with Gasteiger partial charge >= 0.3 is 0 Å². The second-order valence-electron chi connectivity index (χ2n) is 12.0. The summed E-state index contributed by atoms with van der Waals surface area (Å²) >= 11 is 0. The average molecular weight is 735 g/mol. The van der Waals surface area contributed by atoms with Gasteiger partial charge in [-0.05, 0) is 90.8 Å². The minimum absolute atomic E-state index is 0.0358. The summed E-state index contributed by atoms with van der Waals surface area (Å²) in [5, 5.41) is 0. The fourth-order valence-electron chi connectivity index (χ4n) is 5.34. The van der Waals surface area contributed by atoms with Crippen molar-refractivity contribution in [1.29, 1.82) is 0 Å². The fourth-order valence-corrected chi connectivity index (χ4v) is 8.12. The van der Waals surface area contributed by atoms with Crippen molar-refractivity contribution in [1.82, 2.24) is 0 Å². The molecule has 0 aliphatic carbocycles. The van der Waals surface area contributed by atoms with Crippen molar-refractivity contribution in [3.8, 4) is 23.0 Å². The van der Waals surface area contributed by atoms with Gasteiger partial charge in [-0.3, -0.25) is 0 Å². The molecule has 6 aromatic carbocycles. The van der Waals surface area contributed by atoms with E-state index >= 15 is 0 Å². The molecule has 0 amide bonds. The van der Waals surface area contributed by atoms with Gasteiger partial charge in [-0.2, -0.15) is 0 Å². The Morgan fingerprint density at radius 1 is 0.462 bits per heavy atom. The summed E-state index contributed by atoms with van der Waals surface area (Å²) < 4.78 is 78.3. The zero-order valence-corrected chi connectivity index (χ0v) is 30.1. The van der Waals surface area contributed by atoms with E-state index in [-0.39, 0.29) is 37.7 Å². The summed E-state index contributed by atoms with van der Waals surface area (Å²) in [5.74, 6) is 1.52. The third-order valence-electron chi connectivity index (χ3n) is 8.15. The van der Waals surface area contributed by atoms with E-state index in [4.69, 9.17) is 18.9 Å². The monoisotopic (exact) mass is 734 g/mol.